The highest BCUT2D eigenvalue weighted by atomic mass is 32.2. The average Bonchev–Trinajstić information content (AvgIpc) is 2.26. The Bertz CT molecular complexity index is 330. The molecule has 5 nitrogen and oxygen atoms in total. The zero-order valence-electron chi connectivity index (χ0n) is 11.0. The number of nitrogens with zero attached hydrogens (tertiary/aromatic N) is 1. The number of piperidine rings is 1. The van der Waals surface area contributed by atoms with Gasteiger partial charge in [-0.05, 0) is 32.6 Å². The fourth-order valence-corrected chi connectivity index (χ4v) is 4.02. The molecular formula is C11H25N3O2S. The molecule has 0 spiro atoms. The predicted molar refractivity (Wildman–Crippen MR) is 69.8 cm³/mol. The predicted octanol–water partition coefficient (Wildman–Crippen LogP) is 0.679. The molecule has 1 fully saturated rings. The first kappa shape index (κ1) is 14.9. The molecule has 0 aromatic heterocycles. The minimum absolute atomic E-state index is 0.0510. The van der Waals surface area contributed by atoms with E-state index < -0.39 is 10.2 Å². The Kier molecular flexibility index (Phi) is 5.37. The third-order valence-electron chi connectivity index (χ3n) is 3.31. The largest absolute Gasteiger partial charge is 0.329 e. The van der Waals surface area contributed by atoms with E-state index in [0.717, 1.165) is 19.3 Å². The van der Waals surface area contributed by atoms with Gasteiger partial charge in [0.1, 0.15) is 0 Å². The van der Waals surface area contributed by atoms with E-state index in [-0.39, 0.29) is 12.1 Å². The molecule has 1 rings (SSSR count). The lowest BCUT2D eigenvalue weighted by Gasteiger charge is -2.38. The molecule has 17 heavy (non-hydrogen) atoms. The molecular weight excluding hydrogens is 238 g/mol. The quantitative estimate of drug-likeness (QED) is 0.766. The smallest absolute Gasteiger partial charge is 0.279 e. The van der Waals surface area contributed by atoms with Gasteiger partial charge in [0.2, 0.25) is 0 Å². The summed E-state index contributed by atoms with van der Waals surface area (Å²) in [6.45, 7) is 6.79. The van der Waals surface area contributed by atoms with Crippen LogP contribution in [0.4, 0.5) is 0 Å². The van der Waals surface area contributed by atoms with Gasteiger partial charge in [-0.1, -0.05) is 13.3 Å². The van der Waals surface area contributed by atoms with E-state index in [1.165, 1.54) is 0 Å². The van der Waals surface area contributed by atoms with Crippen LogP contribution in [0.15, 0.2) is 0 Å². The van der Waals surface area contributed by atoms with Crippen molar-refractivity contribution in [1.29, 1.82) is 0 Å². The van der Waals surface area contributed by atoms with Crippen molar-refractivity contribution in [3.05, 3.63) is 0 Å². The van der Waals surface area contributed by atoms with Gasteiger partial charge in [0.15, 0.2) is 0 Å². The van der Waals surface area contributed by atoms with Crippen LogP contribution in [0.25, 0.3) is 0 Å². The molecule has 6 heteroatoms. The molecule has 0 bridgehead atoms. The van der Waals surface area contributed by atoms with Crippen LogP contribution in [-0.4, -0.2) is 37.9 Å². The van der Waals surface area contributed by atoms with Crippen LogP contribution >= 0.6 is 0 Å². The summed E-state index contributed by atoms with van der Waals surface area (Å²) < 4.78 is 28.4. The summed E-state index contributed by atoms with van der Waals surface area (Å²) in [6.07, 6.45) is 2.92. The Morgan fingerprint density at radius 1 is 1.47 bits per heavy atom. The highest BCUT2D eigenvalue weighted by molar-refractivity contribution is 7.87. The molecule has 1 aliphatic rings. The van der Waals surface area contributed by atoms with Crippen LogP contribution in [0, 0.1) is 5.92 Å². The Morgan fingerprint density at radius 3 is 2.59 bits per heavy atom. The van der Waals surface area contributed by atoms with Gasteiger partial charge in [0, 0.05) is 25.2 Å². The van der Waals surface area contributed by atoms with E-state index in [9.17, 15) is 8.42 Å². The lowest BCUT2D eigenvalue weighted by molar-refractivity contribution is 0.195. The van der Waals surface area contributed by atoms with Crippen LogP contribution in [0.5, 0.6) is 0 Å². The standard InChI is InChI=1S/C11H25N3O2S/c1-4-10-5-6-14(11(7-10)8-12)17(15,16)13-9(2)3/h9-11,13H,4-8,12H2,1-3H3. The molecule has 0 saturated carbocycles. The number of nitrogens with one attached hydrogen (secondary N) is 1. The molecule has 2 atom stereocenters. The number of hydrogen-bond donors (Lipinski definition) is 2. The summed E-state index contributed by atoms with van der Waals surface area (Å²) >= 11 is 0. The minimum atomic E-state index is -3.37. The highest BCUT2D eigenvalue weighted by Gasteiger charge is 2.34. The molecule has 1 heterocycles. The van der Waals surface area contributed by atoms with Crippen molar-refractivity contribution < 1.29 is 8.42 Å². The van der Waals surface area contributed by atoms with E-state index in [1.54, 1.807) is 4.31 Å². The van der Waals surface area contributed by atoms with Gasteiger partial charge in [0.05, 0.1) is 0 Å². The molecule has 1 saturated heterocycles. The second-order valence-corrected chi connectivity index (χ2v) is 6.73. The molecule has 2 unspecified atom stereocenters. The zero-order valence-corrected chi connectivity index (χ0v) is 11.8. The van der Waals surface area contributed by atoms with Crippen molar-refractivity contribution in [1.82, 2.24) is 9.03 Å². The summed E-state index contributed by atoms with van der Waals surface area (Å²) in [5, 5.41) is 0. The van der Waals surface area contributed by atoms with E-state index in [4.69, 9.17) is 5.73 Å². The maximum atomic E-state index is 12.1. The molecule has 0 radical (unpaired) electrons. The second kappa shape index (κ2) is 6.13. The molecule has 0 amide bonds. The maximum Gasteiger partial charge on any atom is 0.279 e. The summed E-state index contributed by atoms with van der Waals surface area (Å²) in [5.74, 6) is 0.606. The van der Waals surface area contributed by atoms with Gasteiger partial charge < -0.3 is 5.73 Å². The third-order valence-corrected chi connectivity index (χ3v) is 5.18. The SMILES string of the molecule is CCC1CCN(S(=O)(=O)NC(C)C)C(CN)C1. The topological polar surface area (TPSA) is 75.4 Å². The number of hydrogen-bond acceptors (Lipinski definition) is 3. The van der Waals surface area contributed by atoms with Crippen LogP contribution in [0.1, 0.15) is 40.0 Å². The maximum absolute atomic E-state index is 12.1. The van der Waals surface area contributed by atoms with Crippen molar-refractivity contribution >= 4 is 10.2 Å². The first-order chi connectivity index (χ1) is 7.90. The monoisotopic (exact) mass is 263 g/mol. The lowest BCUT2D eigenvalue weighted by Crippen LogP contribution is -2.54. The summed E-state index contributed by atoms with van der Waals surface area (Å²) in [7, 11) is -3.37. The van der Waals surface area contributed by atoms with Crippen molar-refractivity contribution in [2.24, 2.45) is 11.7 Å². The molecule has 0 aromatic rings. The molecule has 0 aliphatic carbocycles. The van der Waals surface area contributed by atoms with Gasteiger partial charge in [0.25, 0.3) is 10.2 Å². The molecule has 1 aliphatic heterocycles. The van der Waals surface area contributed by atoms with Crippen LogP contribution in [-0.2, 0) is 10.2 Å². The van der Waals surface area contributed by atoms with Crippen molar-refractivity contribution in [3.63, 3.8) is 0 Å². The fraction of sp³-hybridized carbons (Fsp3) is 1.00. The van der Waals surface area contributed by atoms with E-state index in [1.807, 2.05) is 13.8 Å². The zero-order chi connectivity index (χ0) is 13.1. The molecule has 0 aromatic carbocycles. The van der Waals surface area contributed by atoms with Crippen molar-refractivity contribution in [2.75, 3.05) is 13.1 Å². The first-order valence-electron chi connectivity index (χ1n) is 6.39. The summed E-state index contributed by atoms with van der Waals surface area (Å²) in [4.78, 5) is 0. The summed E-state index contributed by atoms with van der Waals surface area (Å²) in [6, 6.07) is -0.132. The summed E-state index contributed by atoms with van der Waals surface area (Å²) in [5.41, 5.74) is 5.70. The van der Waals surface area contributed by atoms with Gasteiger partial charge in [-0.2, -0.15) is 17.4 Å². The Balaban J connectivity index is 2.76. The van der Waals surface area contributed by atoms with E-state index in [0.29, 0.717) is 19.0 Å². The van der Waals surface area contributed by atoms with E-state index in [2.05, 4.69) is 11.6 Å². The van der Waals surface area contributed by atoms with Crippen LogP contribution in [0.3, 0.4) is 0 Å². The van der Waals surface area contributed by atoms with Crippen molar-refractivity contribution in [3.8, 4) is 0 Å². The third kappa shape index (κ3) is 3.91. The number of nitrogens with two attached hydrogens (primary N) is 1. The molecule has 3 N–H and O–H groups in total. The Morgan fingerprint density at radius 2 is 2.12 bits per heavy atom. The Hall–Kier alpha value is -0.170. The van der Waals surface area contributed by atoms with Gasteiger partial charge in [-0.15, -0.1) is 0 Å². The molecule has 102 valence electrons. The lowest BCUT2D eigenvalue weighted by atomic mass is 9.90. The highest BCUT2D eigenvalue weighted by Crippen LogP contribution is 2.26. The van der Waals surface area contributed by atoms with Gasteiger partial charge in [-0.3, -0.25) is 0 Å². The Labute approximate surface area is 105 Å². The minimum Gasteiger partial charge on any atom is -0.329 e. The normalized spacial score (nSPS) is 27.6. The van der Waals surface area contributed by atoms with Gasteiger partial charge >= 0.3 is 0 Å². The number of rotatable bonds is 5. The van der Waals surface area contributed by atoms with Crippen LogP contribution in [0.2, 0.25) is 0 Å². The first-order valence-corrected chi connectivity index (χ1v) is 7.83. The van der Waals surface area contributed by atoms with Crippen molar-refractivity contribution in [2.45, 2.75) is 52.1 Å². The van der Waals surface area contributed by atoms with Crippen LogP contribution < -0.4 is 10.5 Å². The van der Waals surface area contributed by atoms with E-state index >= 15 is 0 Å². The fourth-order valence-electron chi connectivity index (χ4n) is 2.38. The average molecular weight is 263 g/mol. The van der Waals surface area contributed by atoms with Gasteiger partial charge in [-0.25, -0.2) is 0 Å². The second-order valence-electron chi connectivity index (χ2n) is 5.08.